The van der Waals surface area contributed by atoms with Gasteiger partial charge in [0.2, 0.25) is 5.91 Å². The number of benzene rings is 3. The molecule has 3 N–H and O–H groups in total. The molecule has 194 valence electrons. The van der Waals surface area contributed by atoms with E-state index in [9.17, 15) is 18.8 Å². The summed E-state index contributed by atoms with van der Waals surface area (Å²) >= 11 is 0. The van der Waals surface area contributed by atoms with Gasteiger partial charge >= 0.3 is 0 Å². The third-order valence-corrected chi connectivity index (χ3v) is 6.64. The van der Waals surface area contributed by atoms with Crippen LogP contribution in [0.15, 0.2) is 65.5 Å². The average molecular weight is 516 g/mol. The number of nitrogens with one attached hydrogen (secondary N) is 1. The van der Waals surface area contributed by atoms with E-state index in [1.54, 1.807) is 59.5 Å². The van der Waals surface area contributed by atoms with E-state index in [0.717, 1.165) is 13.1 Å². The van der Waals surface area contributed by atoms with Crippen LogP contribution in [0.5, 0.6) is 11.5 Å². The maximum Gasteiger partial charge on any atom is 0.272 e. The van der Waals surface area contributed by atoms with Crippen LogP contribution in [-0.2, 0) is 6.42 Å². The van der Waals surface area contributed by atoms with Gasteiger partial charge in [-0.3, -0.25) is 14.4 Å². The van der Waals surface area contributed by atoms with Crippen LogP contribution in [0, 0.1) is 5.82 Å². The lowest BCUT2D eigenvalue weighted by atomic mass is 10.0. The number of piperazine rings is 1. The summed E-state index contributed by atoms with van der Waals surface area (Å²) in [6.07, 6.45) is 0.257. The molecule has 2 amide bonds. The highest BCUT2D eigenvalue weighted by Crippen LogP contribution is 2.27. The number of fused-ring (bicyclic) bond motifs is 1. The number of H-pyrrole nitrogens is 1. The number of ether oxygens (including phenoxy) is 1. The Morgan fingerprint density at radius 2 is 1.68 bits per heavy atom. The first-order valence-corrected chi connectivity index (χ1v) is 12.1. The Balaban J connectivity index is 1.43. The van der Waals surface area contributed by atoms with Crippen LogP contribution in [0.4, 0.5) is 4.39 Å². The molecule has 10 heteroatoms. The molecular weight excluding hydrogens is 489 g/mol. The van der Waals surface area contributed by atoms with E-state index in [0.29, 0.717) is 52.2 Å². The lowest BCUT2D eigenvalue weighted by Crippen LogP contribution is -2.47. The first-order chi connectivity index (χ1) is 18.3. The smallest absolute Gasteiger partial charge is 0.272 e. The Kier molecular flexibility index (Phi) is 6.89. The molecule has 1 aliphatic rings. The molecule has 1 aliphatic heterocycles. The molecule has 0 saturated carbocycles. The molecule has 0 unspecified atom stereocenters. The van der Waals surface area contributed by atoms with Crippen molar-refractivity contribution in [3.05, 3.63) is 99.2 Å². The van der Waals surface area contributed by atoms with Gasteiger partial charge in [-0.1, -0.05) is 6.07 Å². The van der Waals surface area contributed by atoms with Gasteiger partial charge in [0.15, 0.2) is 0 Å². The summed E-state index contributed by atoms with van der Waals surface area (Å²) in [5.74, 6) is -0.501. The lowest BCUT2D eigenvalue weighted by Gasteiger charge is -2.32. The minimum atomic E-state index is -0.574. The summed E-state index contributed by atoms with van der Waals surface area (Å²) in [5, 5.41) is 7.73. The number of likely N-dealkylation sites (N-methyl/N-ethyl adjacent to an activating group) is 1. The molecule has 0 aliphatic carbocycles. The molecule has 0 atom stereocenters. The van der Waals surface area contributed by atoms with Crippen LogP contribution in [0.3, 0.4) is 0 Å². The summed E-state index contributed by atoms with van der Waals surface area (Å²) < 4.78 is 20.6. The van der Waals surface area contributed by atoms with E-state index >= 15 is 0 Å². The highest BCUT2D eigenvalue weighted by atomic mass is 19.1. The zero-order chi connectivity index (χ0) is 26.8. The summed E-state index contributed by atoms with van der Waals surface area (Å²) in [6.45, 7) is 2.55. The SMILES string of the molecule is CN1CCN(C(=O)c2cc(Cc3n[nH]c(=O)c4ccc(Oc5ccc(C(N)=O)cc5)cc34)ccc2F)CC1. The number of hydrogen-bond donors (Lipinski definition) is 2. The molecular formula is C28H26FN5O4. The van der Waals surface area contributed by atoms with Crippen molar-refractivity contribution in [3.8, 4) is 11.5 Å². The quantitative estimate of drug-likeness (QED) is 0.407. The predicted molar refractivity (Wildman–Crippen MR) is 140 cm³/mol. The predicted octanol–water partition coefficient (Wildman–Crippen LogP) is 2.93. The molecule has 1 fully saturated rings. The van der Waals surface area contributed by atoms with Crippen LogP contribution >= 0.6 is 0 Å². The highest BCUT2D eigenvalue weighted by Gasteiger charge is 2.23. The van der Waals surface area contributed by atoms with E-state index in [4.69, 9.17) is 10.5 Å². The number of rotatable bonds is 6. The maximum atomic E-state index is 14.7. The lowest BCUT2D eigenvalue weighted by molar-refractivity contribution is 0.0659. The van der Waals surface area contributed by atoms with Crippen molar-refractivity contribution in [2.24, 2.45) is 5.73 Å². The summed E-state index contributed by atoms with van der Waals surface area (Å²) in [6, 6.07) is 15.8. The van der Waals surface area contributed by atoms with Crippen molar-refractivity contribution in [1.29, 1.82) is 0 Å². The molecule has 0 spiro atoms. The first-order valence-electron chi connectivity index (χ1n) is 12.1. The summed E-state index contributed by atoms with van der Waals surface area (Å²) in [5.41, 5.74) is 6.53. The highest BCUT2D eigenvalue weighted by molar-refractivity contribution is 5.95. The molecule has 2 heterocycles. The van der Waals surface area contributed by atoms with Crippen molar-refractivity contribution in [1.82, 2.24) is 20.0 Å². The van der Waals surface area contributed by atoms with Crippen molar-refractivity contribution >= 4 is 22.6 Å². The second-order valence-electron chi connectivity index (χ2n) is 9.28. The third-order valence-electron chi connectivity index (χ3n) is 6.64. The minimum Gasteiger partial charge on any atom is -0.457 e. The second-order valence-corrected chi connectivity index (χ2v) is 9.28. The fourth-order valence-corrected chi connectivity index (χ4v) is 4.44. The van der Waals surface area contributed by atoms with Crippen molar-refractivity contribution < 1.29 is 18.7 Å². The Hall–Kier alpha value is -4.57. The van der Waals surface area contributed by atoms with Crippen LogP contribution in [0.2, 0.25) is 0 Å². The van der Waals surface area contributed by atoms with Gasteiger partial charge in [0.05, 0.1) is 16.6 Å². The van der Waals surface area contributed by atoms with Gasteiger partial charge in [-0.15, -0.1) is 0 Å². The second kappa shape index (κ2) is 10.4. The Morgan fingerprint density at radius 3 is 2.39 bits per heavy atom. The number of halogens is 1. The Bertz CT molecular complexity index is 1580. The van der Waals surface area contributed by atoms with Gasteiger partial charge < -0.3 is 20.3 Å². The van der Waals surface area contributed by atoms with Gasteiger partial charge in [-0.2, -0.15) is 5.10 Å². The molecule has 4 aromatic rings. The number of nitrogens with two attached hydrogens (primary N) is 1. The van der Waals surface area contributed by atoms with E-state index < -0.39 is 11.7 Å². The topological polar surface area (TPSA) is 122 Å². The Labute approximate surface area is 217 Å². The van der Waals surface area contributed by atoms with Crippen LogP contribution in [0.25, 0.3) is 10.8 Å². The van der Waals surface area contributed by atoms with E-state index in [2.05, 4.69) is 15.1 Å². The standard InChI is InChI=1S/C28H26FN5O4/c1-33-10-12-34(13-11-33)28(37)23-14-17(2-9-24(23)29)15-25-22-16-20(7-8-21(22)27(36)32-31-25)38-19-5-3-18(4-6-19)26(30)35/h2-9,14,16H,10-13,15H2,1H3,(H2,30,35)(H,32,36). The molecule has 5 rings (SSSR count). The number of aromatic nitrogens is 2. The third kappa shape index (κ3) is 5.25. The van der Waals surface area contributed by atoms with E-state index in [1.807, 2.05) is 7.05 Å². The monoisotopic (exact) mass is 515 g/mol. The van der Waals surface area contributed by atoms with Gasteiger partial charge in [-0.05, 0) is 67.2 Å². The molecule has 38 heavy (non-hydrogen) atoms. The largest absolute Gasteiger partial charge is 0.457 e. The number of carbonyl (C=O) groups excluding carboxylic acids is 2. The van der Waals surface area contributed by atoms with Crippen LogP contribution in [0.1, 0.15) is 32.0 Å². The minimum absolute atomic E-state index is 0.0178. The molecule has 1 saturated heterocycles. The number of hydrogen-bond acceptors (Lipinski definition) is 6. The zero-order valence-electron chi connectivity index (χ0n) is 20.7. The van der Waals surface area contributed by atoms with Crippen molar-refractivity contribution in [2.45, 2.75) is 6.42 Å². The van der Waals surface area contributed by atoms with Crippen LogP contribution in [-0.4, -0.2) is 65.0 Å². The number of aromatic amines is 1. The zero-order valence-corrected chi connectivity index (χ0v) is 20.7. The Morgan fingerprint density at radius 1 is 0.974 bits per heavy atom. The normalized spacial score (nSPS) is 14.0. The molecule has 3 aromatic carbocycles. The number of nitrogens with zero attached hydrogens (tertiary/aromatic N) is 3. The molecule has 1 aromatic heterocycles. The van der Waals surface area contributed by atoms with Gasteiger partial charge in [-0.25, -0.2) is 9.49 Å². The van der Waals surface area contributed by atoms with Gasteiger partial charge in [0.1, 0.15) is 17.3 Å². The maximum absolute atomic E-state index is 14.7. The average Bonchev–Trinajstić information content (AvgIpc) is 2.91. The van der Waals surface area contributed by atoms with E-state index in [-0.39, 0.29) is 23.5 Å². The fourth-order valence-electron chi connectivity index (χ4n) is 4.44. The fraction of sp³-hybridized carbons (Fsp3) is 0.214. The van der Waals surface area contributed by atoms with Gasteiger partial charge in [0.25, 0.3) is 11.5 Å². The number of carbonyl (C=O) groups is 2. The molecule has 0 radical (unpaired) electrons. The number of amides is 2. The summed E-state index contributed by atoms with van der Waals surface area (Å²) in [7, 11) is 1.99. The van der Waals surface area contributed by atoms with E-state index in [1.165, 1.54) is 6.07 Å². The number of primary amides is 1. The van der Waals surface area contributed by atoms with Crippen molar-refractivity contribution in [2.75, 3.05) is 33.2 Å². The molecule has 9 nitrogen and oxygen atoms in total. The van der Waals surface area contributed by atoms with Crippen molar-refractivity contribution in [3.63, 3.8) is 0 Å². The molecule has 0 bridgehead atoms. The van der Waals surface area contributed by atoms with Crippen LogP contribution < -0.4 is 16.0 Å². The summed E-state index contributed by atoms with van der Waals surface area (Å²) in [4.78, 5) is 40.6. The first kappa shape index (κ1) is 25.1. The van der Waals surface area contributed by atoms with Gasteiger partial charge in [0, 0.05) is 43.5 Å².